The predicted molar refractivity (Wildman–Crippen MR) is 71.3 cm³/mol. The number of ether oxygens (including phenoxy) is 1. The van der Waals surface area contributed by atoms with Crippen molar-refractivity contribution in [3.63, 3.8) is 0 Å². The summed E-state index contributed by atoms with van der Waals surface area (Å²) in [6, 6.07) is 8.09. The van der Waals surface area contributed by atoms with E-state index in [1.54, 1.807) is 0 Å². The molecule has 0 radical (unpaired) electrons. The Morgan fingerprint density at radius 3 is 2.67 bits per heavy atom. The first-order valence-electron chi connectivity index (χ1n) is 6.02. The van der Waals surface area contributed by atoms with Crippen molar-refractivity contribution in [1.82, 2.24) is 9.78 Å². The smallest absolute Gasteiger partial charge is 0.130 e. The third kappa shape index (κ3) is 2.71. The number of aromatic nitrogens is 2. The van der Waals surface area contributed by atoms with E-state index in [9.17, 15) is 0 Å². The molecule has 0 aliphatic heterocycles. The molecule has 0 spiro atoms. The molecule has 0 aliphatic carbocycles. The Kier molecular flexibility index (Phi) is 3.67. The molecule has 0 bridgehead atoms. The van der Waals surface area contributed by atoms with E-state index in [1.165, 1.54) is 5.56 Å². The Hall–Kier alpha value is -1.81. The highest BCUT2D eigenvalue weighted by Crippen LogP contribution is 2.20. The molecule has 1 heterocycles. The number of hydrogen-bond donors (Lipinski definition) is 1. The maximum absolute atomic E-state index is 5.82. The van der Waals surface area contributed by atoms with Crippen LogP contribution in [0.5, 0.6) is 5.75 Å². The van der Waals surface area contributed by atoms with Gasteiger partial charge in [0.1, 0.15) is 12.4 Å². The summed E-state index contributed by atoms with van der Waals surface area (Å²) in [5.41, 5.74) is 10.0. The van der Waals surface area contributed by atoms with Gasteiger partial charge in [0.05, 0.1) is 11.4 Å². The quantitative estimate of drug-likeness (QED) is 0.897. The van der Waals surface area contributed by atoms with Crippen molar-refractivity contribution >= 4 is 0 Å². The zero-order chi connectivity index (χ0) is 13.1. The summed E-state index contributed by atoms with van der Waals surface area (Å²) in [6.07, 6.45) is 0. The van der Waals surface area contributed by atoms with Crippen LogP contribution in [-0.4, -0.2) is 9.78 Å². The number of benzene rings is 1. The first-order valence-corrected chi connectivity index (χ1v) is 6.02. The van der Waals surface area contributed by atoms with Crippen molar-refractivity contribution in [3.8, 4) is 5.75 Å². The number of nitrogens with two attached hydrogens (primary N) is 1. The second-order valence-corrected chi connectivity index (χ2v) is 4.50. The third-order valence-electron chi connectivity index (χ3n) is 2.91. The van der Waals surface area contributed by atoms with Gasteiger partial charge in [-0.2, -0.15) is 5.10 Å². The maximum atomic E-state index is 5.82. The molecule has 2 rings (SSSR count). The second-order valence-electron chi connectivity index (χ2n) is 4.50. The van der Waals surface area contributed by atoms with E-state index in [-0.39, 0.29) is 0 Å². The van der Waals surface area contributed by atoms with Crippen LogP contribution >= 0.6 is 0 Å². The standard InChI is InChI=1S/C14H19N3O/c1-10-4-5-14(12(6-10)8-15)18-9-13-7-11(2)16-17(13)3/h4-7H,8-9,15H2,1-3H3. The zero-order valence-corrected chi connectivity index (χ0v) is 11.1. The summed E-state index contributed by atoms with van der Waals surface area (Å²) >= 11 is 0. The number of aryl methyl sites for hydroxylation is 3. The minimum Gasteiger partial charge on any atom is -0.487 e. The molecule has 0 aliphatic rings. The van der Waals surface area contributed by atoms with E-state index in [4.69, 9.17) is 10.5 Å². The van der Waals surface area contributed by atoms with Gasteiger partial charge in [-0.1, -0.05) is 17.7 Å². The summed E-state index contributed by atoms with van der Waals surface area (Å²) in [7, 11) is 1.92. The molecule has 0 atom stereocenters. The molecule has 0 fully saturated rings. The summed E-state index contributed by atoms with van der Waals surface area (Å²) in [5.74, 6) is 0.849. The van der Waals surface area contributed by atoms with Crippen LogP contribution in [0.3, 0.4) is 0 Å². The van der Waals surface area contributed by atoms with Gasteiger partial charge in [0, 0.05) is 19.2 Å². The Bertz CT molecular complexity index is 546. The van der Waals surface area contributed by atoms with E-state index in [2.05, 4.69) is 11.2 Å². The molecule has 0 saturated carbocycles. The van der Waals surface area contributed by atoms with Crippen LogP contribution in [0.2, 0.25) is 0 Å². The third-order valence-corrected chi connectivity index (χ3v) is 2.91. The van der Waals surface area contributed by atoms with Crippen molar-refractivity contribution in [2.45, 2.75) is 27.0 Å². The van der Waals surface area contributed by atoms with Crippen LogP contribution in [0.15, 0.2) is 24.3 Å². The van der Waals surface area contributed by atoms with Gasteiger partial charge in [-0.15, -0.1) is 0 Å². The molecular weight excluding hydrogens is 226 g/mol. The van der Waals surface area contributed by atoms with E-state index in [0.717, 1.165) is 22.7 Å². The highest BCUT2D eigenvalue weighted by Gasteiger charge is 2.06. The van der Waals surface area contributed by atoms with Crippen LogP contribution in [0, 0.1) is 13.8 Å². The van der Waals surface area contributed by atoms with Crippen molar-refractivity contribution in [3.05, 3.63) is 46.8 Å². The van der Waals surface area contributed by atoms with E-state index in [1.807, 2.05) is 43.8 Å². The monoisotopic (exact) mass is 245 g/mol. The van der Waals surface area contributed by atoms with E-state index >= 15 is 0 Å². The predicted octanol–water partition coefficient (Wildman–Crippen LogP) is 2.07. The summed E-state index contributed by atoms with van der Waals surface area (Å²) in [6.45, 7) is 5.02. The van der Waals surface area contributed by atoms with Gasteiger partial charge in [0.25, 0.3) is 0 Å². The molecule has 18 heavy (non-hydrogen) atoms. The Balaban J connectivity index is 2.13. The molecule has 0 saturated heterocycles. The summed E-state index contributed by atoms with van der Waals surface area (Å²) in [5, 5.41) is 4.29. The fourth-order valence-corrected chi connectivity index (χ4v) is 1.96. The minimum atomic E-state index is 0.488. The molecule has 96 valence electrons. The van der Waals surface area contributed by atoms with Crippen LogP contribution in [-0.2, 0) is 20.2 Å². The van der Waals surface area contributed by atoms with E-state index in [0.29, 0.717) is 13.2 Å². The highest BCUT2D eigenvalue weighted by molar-refractivity contribution is 5.36. The average Bonchev–Trinajstić information content (AvgIpc) is 2.66. The van der Waals surface area contributed by atoms with Gasteiger partial charge < -0.3 is 10.5 Å². The van der Waals surface area contributed by atoms with Gasteiger partial charge in [0.15, 0.2) is 0 Å². The van der Waals surface area contributed by atoms with Crippen molar-refractivity contribution < 1.29 is 4.74 Å². The first kappa shape index (κ1) is 12.6. The largest absolute Gasteiger partial charge is 0.487 e. The van der Waals surface area contributed by atoms with Crippen LogP contribution in [0.4, 0.5) is 0 Å². The van der Waals surface area contributed by atoms with Crippen molar-refractivity contribution in [2.75, 3.05) is 0 Å². The lowest BCUT2D eigenvalue weighted by Gasteiger charge is -2.11. The van der Waals surface area contributed by atoms with Gasteiger partial charge in [-0.3, -0.25) is 4.68 Å². The molecule has 1 aromatic carbocycles. The number of rotatable bonds is 4. The summed E-state index contributed by atoms with van der Waals surface area (Å²) in [4.78, 5) is 0. The topological polar surface area (TPSA) is 53.1 Å². The molecule has 4 nitrogen and oxygen atoms in total. The van der Waals surface area contributed by atoms with Crippen LogP contribution < -0.4 is 10.5 Å². The average molecular weight is 245 g/mol. The lowest BCUT2D eigenvalue weighted by atomic mass is 10.1. The zero-order valence-electron chi connectivity index (χ0n) is 11.1. The lowest BCUT2D eigenvalue weighted by Crippen LogP contribution is -2.06. The SMILES string of the molecule is Cc1ccc(OCc2cc(C)nn2C)c(CN)c1. The molecule has 2 aromatic rings. The van der Waals surface area contributed by atoms with Gasteiger partial charge in [0.2, 0.25) is 0 Å². The van der Waals surface area contributed by atoms with Crippen molar-refractivity contribution in [1.29, 1.82) is 0 Å². The fraction of sp³-hybridized carbons (Fsp3) is 0.357. The Labute approximate surface area is 107 Å². The molecule has 0 unspecified atom stereocenters. The molecule has 2 N–H and O–H groups in total. The highest BCUT2D eigenvalue weighted by atomic mass is 16.5. The Morgan fingerprint density at radius 2 is 2.06 bits per heavy atom. The fourth-order valence-electron chi connectivity index (χ4n) is 1.96. The lowest BCUT2D eigenvalue weighted by molar-refractivity contribution is 0.292. The number of hydrogen-bond acceptors (Lipinski definition) is 3. The summed E-state index contributed by atoms with van der Waals surface area (Å²) < 4.78 is 7.66. The van der Waals surface area contributed by atoms with Gasteiger partial charge in [-0.05, 0) is 26.0 Å². The van der Waals surface area contributed by atoms with Crippen LogP contribution in [0.25, 0.3) is 0 Å². The minimum absolute atomic E-state index is 0.488. The van der Waals surface area contributed by atoms with Crippen molar-refractivity contribution in [2.24, 2.45) is 12.8 Å². The molecular formula is C14H19N3O. The first-order chi connectivity index (χ1) is 8.60. The van der Waals surface area contributed by atoms with Crippen LogP contribution in [0.1, 0.15) is 22.5 Å². The van der Waals surface area contributed by atoms with E-state index < -0.39 is 0 Å². The molecule has 1 aromatic heterocycles. The number of nitrogens with zero attached hydrogens (tertiary/aromatic N) is 2. The maximum Gasteiger partial charge on any atom is 0.130 e. The normalized spacial score (nSPS) is 10.7. The molecule has 0 amide bonds. The second kappa shape index (κ2) is 5.23. The van der Waals surface area contributed by atoms with Gasteiger partial charge >= 0.3 is 0 Å². The molecule has 4 heteroatoms. The van der Waals surface area contributed by atoms with Gasteiger partial charge in [-0.25, -0.2) is 0 Å². The Morgan fingerprint density at radius 1 is 1.28 bits per heavy atom.